The van der Waals surface area contributed by atoms with Crippen molar-refractivity contribution < 1.29 is 42.1 Å². The standard InChI is InChI=1S/C50H90NO8P/c1-6-8-10-12-14-16-18-20-22-23-24-25-26-27-29-31-33-35-37-39-41-43-50(53)59-48(47-58-60(54,55)57-45-44-51(3,4)5)46-56-49(52)42-40-38-36-34-32-30-28-21-19-17-15-13-11-9-7-2/h22-23,25-26,29-32,35,37,48H,6-21,24,27-28,33-34,36,38-47H2,1-5H3/p+1/b23-22+,26-25+,31-29+,32-30+,37-35+/t48-/m1/s1. The Labute approximate surface area is 368 Å². The molecule has 10 heteroatoms. The van der Waals surface area contributed by atoms with Crippen LogP contribution in [0.3, 0.4) is 0 Å². The Balaban J connectivity index is 4.44. The highest BCUT2D eigenvalue weighted by atomic mass is 31.2. The van der Waals surface area contributed by atoms with Gasteiger partial charge in [-0.3, -0.25) is 18.6 Å². The second-order valence-corrected chi connectivity index (χ2v) is 18.6. The van der Waals surface area contributed by atoms with E-state index in [0.717, 1.165) is 44.9 Å². The Morgan fingerprint density at radius 1 is 0.517 bits per heavy atom. The predicted molar refractivity (Wildman–Crippen MR) is 252 cm³/mol. The summed E-state index contributed by atoms with van der Waals surface area (Å²) in [6, 6.07) is 0. The second-order valence-electron chi connectivity index (χ2n) is 17.1. The molecule has 0 aromatic rings. The van der Waals surface area contributed by atoms with E-state index in [2.05, 4.69) is 74.6 Å². The van der Waals surface area contributed by atoms with Gasteiger partial charge in [0.15, 0.2) is 6.10 Å². The molecule has 1 N–H and O–H groups in total. The molecule has 0 aliphatic heterocycles. The third kappa shape index (κ3) is 45.2. The smallest absolute Gasteiger partial charge is 0.462 e. The monoisotopic (exact) mass is 865 g/mol. The molecule has 0 aliphatic rings. The van der Waals surface area contributed by atoms with Crippen LogP contribution in [0, 0.1) is 0 Å². The van der Waals surface area contributed by atoms with Crippen molar-refractivity contribution in [3.8, 4) is 0 Å². The second kappa shape index (κ2) is 42.0. The van der Waals surface area contributed by atoms with Crippen LogP contribution in [0.2, 0.25) is 0 Å². The van der Waals surface area contributed by atoms with Gasteiger partial charge in [-0.05, 0) is 77.0 Å². The van der Waals surface area contributed by atoms with E-state index in [1.807, 2.05) is 21.1 Å². The highest BCUT2D eigenvalue weighted by molar-refractivity contribution is 7.47. The van der Waals surface area contributed by atoms with Crippen molar-refractivity contribution >= 4 is 19.8 Å². The number of nitrogens with zero attached hydrogens (tertiary/aromatic N) is 1. The van der Waals surface area contributed by atoms with Crippen molar-refractivity contribution in [3.63, 3.8) is 0 Å². The van der Waals surface area contributed by atoms with Crippen LogP contribution in [0.1, 0.15) is 194 Å². The van der Waals surface area contributed by atoms with Crippen LogP contribution in [0.25, 0.3) is 0 Å². The number of quaternary nitrogens is 1. The summed E-state index contributed by atoms with van der Waals surface area (Å²) < 4.78 is 34.3. The number of likely N-dealkylation sites (N-methyl/N-ethyl adjacent to an activating group) is 1. The van der Waals surface area contributed by atoms with Gasteiger partial charge < -0.3 is 18.9 Å². The van der Waals surface area contributed by atoms with Crippen molar-refractivity contribution in [2.45, 2.75) is 200 Å². The van der Waals surface area contributed by atoms with Gasteiger partial charge in [-0.2, -0.15) is 0 Å². The Kier molecular flexibility index (Phi) is 40.4. The molecule has 0 aliphatic carbocycles. The van der Waals surface area contributed by atoms with Gasteiger partial charge in [-0.25, -0.2) is 4.57 Å². The summed E-state index contributed by atoms with van der Waals surface area (Å²) in [4.78, 5) is 35.4. The van der Waals surface area contributed by atoms with Crippen LogP contribution in [0.4, 0.5) is 0 Å². The van der Waals surface area contributed by atoms with Crippen LogP contribution < -0.4 is 0 Å². The molecular weight excluding hydrogens is 774 g/mol. The number of carbonyl (C=O) groups is 2. The number of ether oxygens (including phenoxy) is 2. The maximum Gasteiger partial charge on any atom is 0.472 e. The molecule has 0 saturated heterocycles. The van der Waals surface area contributed by atoms with Gasteiger partial charge in [0.05, 0.1) is 27.7 Å². The van der Waals surface area contributed by atoms with Crippen LogP contribution in [-0.4, -0.2) is 74.9 Å². The number of esters is 2. The molecule has 0 aromatic carbocycles. The molecule has 0 radical (unpaired) electrons. The number of phosphoric acid groups is 1. The quantitative estimate of drug-likeness (QED) is 0.0212. The molecular formula is C50H91NO8P+. The summed E-state index contributed by atoms with van der Waals surface area (Å²) >= 11 is 0. The van der Waals surface area contributed by atoms with Gasteiger partial charge >= 0.3 is 19.8 Å². The Morgan fingerprint density at radius 2 is 0.917 bits per heavy atom. The van der Waals surface area contributed by atoms with Gasteiger partial charge in [0.25, 0.3) is 0 Å². The van der Waals surface area contributed by atoms with Gasteiger partial charge in [-0.1, -0.05) is 164 Å². The number of hydrogen-bond acceptors (Lipinski definition) is 7. The zero-order chi connectivity index (χ0) is 44.3. The van der Waals surface area contributed by atoms with Gasteiger partial charge in [0, 0.05) is 12.8 Å². The fraction of sp³-hybridized carbons (Fsp3) is 0.760. The highest BCUT2D eigenvalue weighted by Gasteiger charge is 2.27. The Morgan fingerprint density at radius 3 is 1.40 bits per heavy atom. The molecule has 348 valence electrons. The number of hydrogen-bond donors (Lipinski definition) is 1. The van der Waals surface area contributed by atoms with E-state index in [1.54, 1.807) is 0 Å². The van der Waals surface area contributed by atoms with E-state index in [-0.39, 0.29) is 26.1 Å². The fourth-order valence-corrected chi connectivity index (χ4v) is 6.98. The van der Waals surface area contributed by atoms with Gasteiger partial charge in [0.1, 0.15) is 19.8 Å². The minimum Gasteiger partial charge on any atom is -0.462 e. The lowest BCUT2D eigenvalue weighted by Gasteiger charge is -2.24. The molecule has 0 amide bonds. The third-order valence-corrected chi connectivity index (χ3v) is 11.0. The molecule has 0 saturated carbocycles. The maximum absolute atomic E-state index is 12.7. The lowest BCUT2D eigenvalue weighted by molar-refractivity contribution is -0.870. The molecule has 0 heterocycles. The van der Waals surface area contributed by atoms with E-state index in [0.29, 0.717) is 30.3 Å². The summed E-state index contributed by atoms with van der Waals surface area (Å²) in [6.45, 7) is 4.34. The average molecular weight is 865 g/mol. The summed E-state index contributed by atoms with van der Waals surface area (Å²) in [5.41, 5.74) is 0. The number of unbranched alkanes of at least 4 members (excludes halogenated alkanes) is 19. The minimum absolute atomic E-state index is 0.0173. The van der Waals surface area contributed by atoms with E-state index >= 15 is 0 Å². The zero-order valence-electron chi connectivity index (χ0n) is 39.2. The lowest BCUT2D eigenvalue weighted by atomic mass is 10.1. The first-order chi connectivity index (χ1) is 29.0. The van der Waals surface area contributed by atoms with Crippen LogP contribution in [0.15, 0.2) is 60.8 Å². The summed E-state index contributed by atoms with van der Waals surface area (Å²) in [5.74, 6) is -0.883. The van der Waals surface area contributed by atoms with Crippen molar-refractivity contribution in [2.75, 3.05) is 47.5 Å². The molecule has 0 bridgehead atoms. The van der Waals surface area contributed by atoms with E-state index in [4.69, 9.17) is 18.5 Å². The average Bonchev–Trinajstić information content (AvgIpc) is 3.20. The van der Waals surface area contributed by atoms with Crippen LogP contribution in [-0.2, 0) is 32.7 Å². The molecule has 0 rings (SSSR count). The first-order valence-corrected chi connectivity index (χ1v) is 25.5. The number of rotatable bonds is 43. The predicted octanol–water partition coefficient (Wildman–Crippen LogP) is 14.0. The van der Waals surface area contributed by atoms with E-state index in [1.165, 1.54) is 103 Å². The summed E-state index contributed by atoms with van der Waals surface area (Å²) in [6.07, 6.45) is 51.4. The number of phosphoric ester groups is 1. The number of carbonyl (C=O) groups excluding carboxylic acids is 2. The SMILES string of the molecule is CCCCCCCCC/C=C/C/C=C/C/C=C/C/C=C/CCCC(=O)O[C@H](COC(=O)CCCCC/C=C/CCCCCCCCCC)COP(=O)(O)OCC[N+](C)(C)C. The van der Waals surface area contributed by atoms with Crippen molar-refractivity contribution in [2.24, 2.45) is 0 Å². The minimum atomic E-state index is -4.40. The Bertz CT molecular complexity index is 1210. The first-order valence-electron chi connectivity index (χ1n) is 24.0. The lowest BCUT2D eigenvalue weighted by Crippen LogP contribution is -2.37. The molecule has 9 nitrogen and oxygen atoms in total. The molecule has 0 spiro atoms. The molecule has 0 fully saturated rings. The van der Waals surface area contributed by atoms with Gasteiger partial charge in [0.2, 0.25) is 0 Å². The highest BCUT2D eigenvalue weighted by Crippen LogP contribution is 2.43. The van der Waals surface area contributed by atoms with Crippen LogP contribution in [0.5, 0.6) is 0 Å². The van der Waals surface area contributed by atoms with Gasteiger partial charge in [-0.15, -0.1) is 0 Å². The van der Waals surface area contributed by atoms with Crippen molar-refractivity contribution in [3.05, 3.63) is 60.8 Å². The third-order valence-electron chi connectivity index (χ3n) is 10.0. The summed E-state index contributed by atoms with van der Waals surface area (Å²) in [7, 11) is 1.43. The van der Waals surface area contributed by atoms with Crippen molar-refractivity contribution in [1.82, 2.24) is 0 Å². The normalized spacial score (nSPS) is 14.0. The van der Waals surface area contributed by atoms with E-state index < -0.39 is 32.5 Å². The first kappa shape index (κ1) is 57.7. The maximum atomic E-state index is 12.7. The van der Waals surface area contributed by atoms with Crippen molar-refractivity contribution in [1.29, 1.82) is 0 Å². The molecule has 2 atom stereocenters. The largest absolute Gasteiger partial charge is 0.472 e. The molecule has 60 heavy (non-hydrogen) atoms. The topological polar surface area (TPSA) is 108 Å². The zero-order valence-corrected chi connectivity index (χ0v) is 40.1. The van der Waals surface area contributed by atoms with E-state index in [9.17, 15) is 19.0 Å². The Hall–Kier alpha value is -2.29. The summed E-state index contributed by atoms with van der Waals surface area (Å²) in [5, 5.41) is 0. The molecule has 1 unspecified atom stereocenters. The molecule has 0 aromatic heterocycles. The fourth-order valence-electron chi connectivity index (χ4n) is 6.24. The number of allylic oxidation sites excluding steroid dienone is 10. The van der Waals surface area contributed by atoms with Crippen LogP contribution >= 0.6 is 7.82 Å².